The minimum absolute atomic E-state index is 0.113. The Morgan fingerprint density at radius 3 is 2.40 bits per heavy atom. The number of nitrogens with one attached hydrogen (secondary N) is 2. The lowest BCUT2D eigenvalue weighted by Crippen LogP contribution is -2.41. The van der Waals surface area contributed by atoms with Gasteiger partial charge in [0.15, 0.2) is 0 Å². The maximum Gasteiger partial charge on any atom is 0.289 e. The van der Waals surface area contributed by atoms with Crippen LogP contribution in [0.15, 0.2) is 61.1 Å². The summed E-state index contributed by atoms with van der Waals surface area (Å²) in [7, 11) is 0. The molecule has 7 heteroatoms. The van der Waals surface area contributed by atoms with Gasteiger partial charge in [-0.3, -0.25) is 25.4 Å². The van der Waals surface area contributed by atoms with Gasteiger partial charge in [0.25, 0.3) is 11.8 Å². The van der Waals surface area contributed by atoms with Crippen molar-refractivity contribution in [3.63, 3.8) is 0 Å². The molecule has 7 nitrogen and oxygen atoms in total. The highest BCUT2D eigenvalue weighted by Crippen LogP contribution is 2.28. The number of hydrazine groups is 1. The molecule has 2 aromatic carbocycles. The van der Waals surface area contributed by atoms with Crippen LogP contribution in [0.5, 0.6) is 5.75 Å². The normalized spacial score (nSPS) is 10.5. The number of aryl methyl sites for hydroxylation is 1. The van der Waals surface area contributed by atoms with Crippen LogP contribution in [0.1, 0.15) is 57.3 Å². The van der Waals surface area contributed by atoms with E-state index in [0.717, 1.165) is 22.4 Å². The van der Waals surface area contributed by atoms with Crippen molar-refractivity contribution in [1.29, 1.82) is 0 Å². The Morgan fingerprint density at radius 1 is 1.00 bits per heavy atom. The van der Waals surface area contributed by atoms with Gasteiger partial charge in [0.05, 0.1) is 6.20 Å². The first-order chi connectivity index (χ1) is 14.4. The minimum Gasteiger partial charge on any atom is -0.489 e. The van der Waals surface area contributed by atoms with Crippen molar-refractivity contribution in [2.45, 2.75) is 33.3 Å². The van der Waals surface area contributed by atoms with E-state index in [-0.39, 0.29) is 5.69 Å². The summed E-state index contributed by atoms with van der Waals surface area (Å²) < 4.78 is 6.02. The van der Waals surface area contributed by atoms with Crippen LogP contribution in [0.3, 0.4) is 0 Å². The van der Waals surface area contributed by atoms with Crippen molar-refractivity contribution in [2.24, 2.45) is 0 Å². The molecule has 0 saturated heterocycles. The fourth-order valence-electron chi connectivity index (χ4n) is 2.82. The van der Waals surface area contributed by atoms with Gasteiger partial charge >= 0.3 is 0 Å². The molecule has 0 aliphatic heterocycles. The molecule has 0 fully saturated rings. The van der Waals surface area contributed by atoms with E-state index in [0.29, 0.717) is 18.1 Å². The minimum atomic E-state index is -0.541. The van der Waals surface area contributed by atoms with Gasteiger partial charge in [-0.05, 0) is 47.7 Å². The highest BCUT2D eigenvalue weighted by molar-refractivity contribution is 5.98. The number of carbonyl (C=O) groups excluding carboxylic acids is 2. The van der Waals surface area contributed by atoms with Gasteiger partial charge in [0, 0.05) is 18.0 Å². The summed E-state index contributed by atoms with van der Waals surface area (Å²) in [6, 6.07) is 13.2. The molecule has 3 rings (SSSR count). The summed E-state index contributed by atoms with van der Waals surface area (Å²) in [6.45, 7) is 6.70. The molecule has 0 saturated carbocycles. The summed E-state index contributed by atoms with van der Waals surface area (Å²) in [5, 5.41) is 0. The van der Waals surface area contributed by atoms with E-state index in [1.54, 1.807) is 12.1 Å². The van der Waals surface area contributed by atoms with Gasteiger partial charge in [-0.15, -0.1) is 0 Å². The van der Waals surface area contributed by atoms with Crippen LogP contribution in [0, 0.1) is 6.92 Å². The van der Waals surface area contributed by atoms with Crippen LogP contribution in [0.25, 0.3) is 0 Å². The number of hydrogen-bond acceptors (Lipinski definition) is 5. The lowest BCUT2D eigenvalue weighted by Gasteiger charge is -2.15. The number of nitrogens with zero attached hydrogens (tertiary/aromatic N) is 2. The predicted molar refractivity (Wildman–Crippen MR) is 113 cm³/mol. The Balaban J connectivity index is 1.57. The highest BCUT2D eigenvalue weighted by atomic mass is 16.5. The maximum atomic E-state index is 12.2. The van der Waals surface area contributed by atoms with E-state index in [1.165, 1.54) is 18.6 Å². The summed E-state index contributed by atoms with van der Waals surface area (Å²) in [5.74, 6) is 0.267. The van der Waals surface area contributed by atoms with Gasteiger partial charge in [0.1, 0.15) is 18.1 Å². The zero-order valence-electron chi connectivity index (χ0n) is 17.2. The van der Waals surface area contributed by atoms with Crippen LogP contribution in [0.2, 0.25) is 0 Å². The van der Waals surface area contributed by atoms with Crippen LogP contribution < -0.4 is 15.6 Å². The molecule has 30 heavy (non-hydrogen) atoms. The SMILES string of the molecule is Cc1ccc(C(C)C)c(OCc2ccc(C(=O)NNC(=O)c3cnccn3)cc2)c1. The molecule has 0 atom stereocenters. The first-order valence-corrected chi connectivity index (χ1v) is 9.63. The first-order valence-electron chi connectivity index (χ1n) is 9.63. The van der Waals surface area contributed by atoms with E-state index < -0.39 is 11.8 Å². The largest absolute Gasteiger partial charge is 0.489 e. The molecule has 2 N–H and O–H groups in total. The second kappa shape index (κ2) is 9.65. The molecule has 154 valence electrons. The molecule has 0 aliphatic carbocycles. The van der Waals surface area contributed by atoms with Gasteiger partial charge in [-0.1, -0.05) is 38.1 Å². The average molecular weight is 404 g/mol. The number of amides is 2. The Hall–Kier alpha value is -3.74. The summed E-state index contributed by atoms with van der Waals surface area (Å²) in [4.78, 5) is 31.8. The number of rotatable bonds is 6. The number of aromatic nitrogens is 2. The second-order valence-corrected chi connectivity index (χ2v) is 7.18. The Labute approximate surface area is 175 Å². The molecule has 0 bridgehead atoms. The van der Waals surface area contributed by atoms with E-state index in [1.807, 2.05) is 25.1 Å². The van der Waals surface area contributed by atoms with Crippen LogP contribution in [-0.4, -0.2) is 21.8 Å². The lowest BCUT2D eigenvalue weighted by molar-refractivity contribution is 0.0843. The highest BCUT2D eigenvalue weighted by Gasteiger charge is 2.11. The molecule has 1 aromatic heterocycles. The Kier molecular flexibility index (Phi) is 6.75. The van der Waals surface area contributed by atoms with Crippen molar-refractivity contribution < 1.29 is 14.3 Å². The molecule has 2 amide bonds. The van der Waals surface area contributed by atoms with Crippen molar-refractivity contribution in [3.05, 3.63) is 89.0 Å². The summed E-state index contributed by atoms with van der Waals surface area (Å²) >= 11 is 0. The monoisotopic (exact) mass is 404 g/mol. The summed E-state index contributed by atoms with van der Waals surface area (Å²) in [6.07, 6.45) is 4.18. The maximum absolute atomic E-state index is 12.2. The van der Waals surface area contributed by atoms with Crippen LogP contribution in [0.4, 0.5) is 0 Å². The lowest BCUT2D eigenvalue weighted by atomic mass is 10.0. The predicted octanol–water partition coefficient (Wildman–Crippen LogP) is 3.56. The fraction of sp³-hybridized carbons (Fsp3) is 0.217. The molecule has 0 spiro atoms. The number of benzene rings is 2. The van der Waals surface area contributed by atoms with Crippen molar-refractivity contribution in [3.8, 4) is 5.75 Å². The molecule has 0 radical (unpaired) electrons. The fourth-order valence-corrected chi connectivity index (χ4v) is 2.82. The molecular weight excluding hydrogens is 380 g/mol. The Morgan fingerprint density at radius 2 is 1.73 bits per heavy atom. The molecule has 1 heterocycles. The number of carbonyl (C=O) groups is 2. The van der Waals surface area contributed by atoms with Crippen molar-refractivity contribution >= 4 is 11.8 Å². The molecule has 0 aliphatic rings. The third-order valence-corrected chi connectivity index (χ3v) is 4.49. The number of hydrogen-bond donors (Lipinski definition) is 2. The van der Waals surface area contributed by atoms with E-state index >= 15 is 0 Å². The average Bonchev–Trinajstić information content (AvgIpc) is 2.76. The summed E-state index contributed by atoms with van der Waals surface area (Å²) in [5.41, 5.74) is 8.45. The zero-order valence-corrected chi connectivity index (χ0v) is 17.2. The van der Waals surface area contributed by atoms with E-state index in [4.69, 9.17) is 4.74 Å². The zero-order chi connectivity index (χ0) is 21.5. The first kappa shape index (κ1) is 21.0. The second-order valence-electron chi connectivity index (χ2n) is 7.18. The molecule has 3 aromatic rings. The van der Waals surface area contributed by atoms with Gasteiger partial charge in [-0.2, -0.15) is 0 Å². The topological polar surface area (TPSA) is 93.2 Å². The third-order valence-electron chi connectivity index (χ3n) is 4.49. The van der Waals surface area contributed by atoms with E-state index in [9.17, 15) is 9.59 Å². The number of ether oxygens (including phenoxy) is 1. The van der Waals surface area contributed by atoms with Crippen molar-refractivity contribution in [1.82, 2.24) is 20.8 Å². The Bertz CT molecular complexity index is 1020. The molecule has 0 unspecified atom stereocenters. The molecular formula is C23H24N4O3. The van der Waals surface area contributed by atoms with Gasteiger partial charge < -0.3 is 4.74 Å². The smallest absolute Gasteiger partial charge is 0.289 e. The van der Waals surface area contributed by atoms with E-state index in [2.05, 4.69) is 46.8 Å². The van der Waals surface area contributed by atoms with Crippen molar-refractivity contribution in [2.75, 3.05) is 0 Å². The van der Waals surface area contributed by atoms with Gasteiger partial charge in [0.2, 0.25) is 0 Å². The van der Waals surface area contributed by atoms with Crippen LogP contribution in [-0.2, 0) is 6.61 Å². The van der Waals surface area contributed by atoms with Gasteiger partial charge in [-0.25, -0.2) is 4.98 Å². The standard InChI is InChI=1S/C23H24N4O3/c1-15(2)19-9-4-16(3)12-21(19)30-14-17-5-7-18(8-6-17)22(28)26-27-23(29)20-13-24-10-11-25-20/h4-13,15H,14H2,1-3H3,(H,26,28)(H,27,29). The third kappa shape index (κ3) is 5.41. The van der Waals surface area contributed by atoms with Crippen LogP contribution >= 0.6 is 0 Å². The quantitative estimate of drug-likeness (QED) is 0.613.